The summed E-state index contributed by atoms with van der Waals surface area (Å²) >= 11 is 5.81. The summed E-state index contributed by atoms with van der Waals surface area (Å²) in [4.78, 5) is 26.0. The van der Waals surface area contributed by atoms with Crippen LogP contribution in [-0.4, -0.2) is 33.8 Å². The highest BCUT2D eigenvalue weighted by Gasteiger charge is 2.09. The Labute approximate surface area is 136 Å². The van der Waals surface area contributed by atoms with Gasteiger partial charge >= 0.3 is 12.0 Å². The number of aromatic nitrogens is 2. The van der Waals surface area contributed by atoms with Crippen molar-refractivity contribution in [1.82, 2.24) is 20.8 Å². The third kappa shape index (κ3) is 5.59. The maximum absolute atomic E-state index is 11.5. The van der Waals surface area contributed by atoms with Gasteiger partial charge in [-0.25, -0.2) is 4.79 Å². The molecular formula is C14H15ClN4O4. The minimum absolute atomic E-state index is 0.00832. The van der Waals surface area contributed by atoms with Crippen molar-refractivity contribution in [1.29, 1.82) is 0 Å². The van der Waals surface area contributed by atoms with Crippen LogP contribution in [0.2, 0.25) is 5.02 Å². The van der Waals surface area contributed by atoms with E-state index < -0.39 is 12.0 Å². The van der Waals surface area contributed by atoms with Crippen LogP contribution in [0.15, 0.2) is 28.8 Å². The highest BCUT2D eigenvalue weighted by molar-refractivity contribution is 6.30. The molecule has 2 aromatic rings. The SMILES string of the molecule is O=C(O)CCCNC(=O)NCc1nc(-c2ccc(Cl)cc2)no1. The summed E-state index contributed by atoms with van der Waals surface area (Å²) in [5.41, 5.74) is 0.752. The number of carboxylic acids is 1. The standard InChI is InChI=1S/C14H15ClN4O4/c15-10-5-3-9(4-6-10)13-18-11(23-19-13)8-17-14(22)16-7-1-2-12(20)21/h3-6H,1-2,7-8H2,(H,20,21)(H2,16,17,22). The fraction of sp³-hybridized carbons (Fsp3) is 0.286. The van der Waals surface area contributed by atoms with E-state index in [1.165, 1.54) is 0 Å². The van der Waals surface area contributed by atoms with Crippen molar-refractivity contribution in [3.8, 4) is 11.4 Å². The monoisotopic (exact) mass is 338 g/mol. The van der Waals surface area contributed by atoms with E-state index in [1.54, 1.807) is 24.3 Å². The summed E-state index contributed by atoms with van der Waals surface area (Å²) < 4.78 is 5.04. The van der Waals surface area contributed by atoms with Crippen LogP contribution >= 0.6 is 11.6 Å². The Bertz CT molecular complexity index is 672. The maximum Gasteiger partial charge on any atom is 0.315 e. The lowest BCUT2D eigenvalue weighted by Gasteiger charge is -2.04. The van der Waals surface area contributed by atoms with Crippen molar-refractivity contribution in [2.75, 3.05) is 6.54 Å². The molecule has 0 saturated carbocycles. The van der Waals surface area contributed by atoms with Gasteiger partial charge in [0.1, 0.15) is 0 Å². The van der Waals surface area contributed by atoms with Gasteiger partial charge in [0.15, 0.2) is 0 Å². The van der Waals surface area contributed by atoms with Gasteiger partial charge in [-0.05, 0) is 30.7 Å². The summed E-state index contributed by atoms with van der Waals surface area (Å²) in [6.45, 7) is 0.351. The van der Waals surface area contributed by atoms with Crippen molar-refractivity contribution in [3.05, 3.63) is 35.2 Å². The van der Waals surface area contributed by atoms with Gasteiger partial charge in [0.05, 0.1) is 6.54 Å². The summed E-state index contributed by atoms with van der Waals surface area (Å²) in [5, 5.41) is 18.0. The Hall–Kier alpha value is -2.61. The fourth-order valence-corrected chi connectivity index (χ4v) is 1.83. The largest absolute Gasteiger partial charge is 0.481 e. The molecule has 0 spiro atoms. The van der Waals surface area contributed by atoms with E-state index in [2.05, 4.69) is 20.8 Å². The van der Waals surface area contributed by atoms with Crippen LogP contribution in [0.1, 0.15) is 18.7 Å². The number of halogens is 1. The van der Waals surface area contributed by atoms with E-state index in [-0.39, 0.29) is 25.4 Å². The molecule has 0 aliphatic carbocycles. The van der Waals surface area contributed by atoms with Crippen LogP contribution in [-0.2, 0) is 11.3 Å². The number of rotatable bonds is 7. The molecule has 0 fully saturated rings. The summed E-state index contributed by atoms with van der Waals surface area (Å²) in [5.74, 6) is -0.233. The first-order valence-electron chi connectivity index (χ1n) is 6.86. The smallest absolute Gasteiger partial charge is 0.315 e. The molecule has 1 aromatic carbocycles. The molecule has 0 radical (unpaired) electrons. The highest BCUT2D eigenvalue weighted by atomic mass is 35.5. The Morgan fingerprint density at radius 1 is 1.22 bits per heavy atom. The predicted octanol–water partition coefficient (Wildman–Crippen LogP) is 2.05. The molecule has 0 aliphatic heterocycles. The number of benzene rings is 1. The zero-order chi connectivity index (χ0) is 16.7. The minimum Gasteiger partial charge on any atom is -0.481 e. The van der Waals surface area contributed by atoms with Gasteiger partial charge in [-0.2, -0.15) is 4.98 Å². The second-order valence-electron chi connectivity index (χ2n) is 4.63. The lowest BCUT2D eigenvalue weighted by Crippen LogP contribution is -2.35. The van der Waals surface area contributed by atoms with Crippen LogP contribution in [0.25, 0.3) is 11.4 Å². The Morgan fingerprint density at radius 2 is 1.96 bits per heavy atom. The minimum atomic E-state index is -0.896. The number of hydrogen-bond acceptors (Lipinski definition) is 5. The highest BCUT2D eigenvalue weighted by Crippen LogP contribution is 2.18. The van der Waals surface area contributed by atoms with E-state index >= 15 is 0 Å². The molecule has 2 rings (SSSR count). The average molecular weight is 339 g/mol. The topological polar surface area (TPSA) is 117 Å². The molecule has 3 N–H and O–H groups in total. The molecule has 0 bridgehead atoms. The van der Waals surface area contributed by atoms with Gasteiger partial charge in [-0.15, -0.1) is 0 Å². The number of hydrogen-bond donors (Lipinski definition) is 3. The Kier molecular flexibility index (Phi) is 5.93. The summed E-state index contributed by atoms with van der Waals surface area (Å²) in [7, 11) is 0. The number of nitrogens with one attached hydrogen (secondary N) is 2. The zero-order valence-electron chi connectivity index (χ0n) is 12.1. The molecule has 0 aliphatic rings. The molecule has 8 nitrogen and oxygen atoms in total. The first kappa shape index (κ1) is 16.8. The number of carbonyl (C=O) groups is 2. The van der Waals surface area contributed by atoms with Crippen LogP contribution in [0, 0.1) is 0 Å². The number of urea groups is 1. The summed E-state index contributed by atoms with van der Waals surface area (Å²) in [6, 6.07) is 6.53. The van der Waals surface area contributed by atoms with Crippen LogP contribution in [0.3, 0.4) is 0 Å². The van der Waals surface area contributed by atoms with Gasteiger partial charge in [-0.3, -0.25) is 4.79 Å². The quantitative estimate of drug-likeness (QED) is 0.665. The molecular weight excluding hydrogens is 324 g/mol. The van der Waals surface area contributed by atoms with Crippen LogP contribution in [0.4, 0.5) is 4.79 Å². The molecule has 23 heavy (non-hydrogen) atoms. The molecule has 0 unspecified atom stereocenters. The van der Waals surface area contributed by atoms with E-state index in [0.29, 0.717) is 17.3 Å². The van der Waals surface area contributed by atoms with Gasteiger partial charge < -0.3 is 20.3 Å². The maximum atomic E-state index is 11.5. The van der Waals surface area contributed by atoms with E-state index in [9.17, 15) is 9.59 Å². The first-order valence-corrected chi connectivity index (χ1v) is 7.24. The van der Waals surface area contributed by atoms with Gasteiger partial charge in [0.2, 0.25) is 11.7 Å². The van der Waals surface area contributed by atoms with Gasteiger partial charge in [-0.1, -0.05) is 16.8 Å². The van der Waals surface area contributed by atoms with Crippen molar-refractivity contribution in [3.63, 3.8) is 0 Å². The van der Waals surface area contributed by atoms with E-state index in [1.807, 2.05) is 0 Å². The molecule has 1 aromatic heterocycles. The lowest BCUT2D eigenvalue weighted by atomic mass is 10.2. The third-order valence-corrected chi connectivity index (χ3v) is 3.08. The zero-order valence-corrected chi connectivity index (χ0v) is 12.8. The number of aliphatic carboxylic acids is 1. The van der Waals surface area contributed by atoms with Crippen molar-refractivity contribution in [2.45, 2.75) is 19.4 Å². The van der Waals surface area contributed by atoms with Gasteiger partial charge in [0.25, 0.3) is 0 Å². The van der Waals surface area contributed by atoms with Crippen molar-refractivity contribution in [2.24, 2.45) is 0 Å². The lowest BCUT2D eigenvalue weighted by molar-refractivity contribution is -0.137. The first-order chi connectivity index (χ1) is 11.0. The fourth-order valence-electron chi connectivity index (χ4n) is 1.70. The van der Waals surface area contributed by atoms with E-state index in [4.69, 9.17) is 21.2 Å². The van der Waals surface area contributed by atoms with Crippen LogP contribution in [0.5, 0.6) is 0 Å². The number of nitrogens with zero attached hydrogens (tertiary/aromatic N) is 2. The van der Waals surface area contributed by atoms with Gasteiger partial charge in [0, 0.05) is 23.6 Å². The van der Waals surface area contributed by atoms with E-state index in [0.717, 1.165) is 5.56 Å². The second-order valence-corrected chi connectivity index (χ2v) is 5.06. The normalized spacial score (nSPS) is 10.3. The molecule has 9 heteroatoms. The summed E-state index contributed by atoms with van der Waals surface area (Å²) in [6.07, 6.45) is 0.373. The molecule has 2 amide bonds. The molecule has 0 saturated heterocycles. The number of carbonyl (C=O) groups excluding carboxylic acids is 1. The number of carboxylic acid groups (broad SMARTS) is 1. The molecule has 0 atom stereocenters. The molecule has 122 valence electrons. The molecule has 1 heterocycles. The average Bonchev–Trinajstić information content (AvgIpc) is 2.99. The van der Waals surface area contributed by atoms with Crippen molar-refractivity contribution < 1.29 is 19.2 Å². The predicted molar refractivity (Wildman–Crippen MR) is 81.9 cm³/mol. The van der Waals surface area contributed by atoms with Crippen molar-refractivity contribution >= 4 is 23.6 Å². The Morgan fingerprint density at radius 3 is 2.65 bits per heavy atom. The van der Waals surface area contributed by atoms with Crippen LogP contribution < -0.4 is 10.6 Å². The third-order valence-electron chi connectivity index (χ3n) is 2.82. The Balaban J connectivity index is 1.77. The number of amides is 2. The second kappa shape index (κ2) is 8.14.